The molecule has 0 radical (unpaired) electrons. The van der Waals surface area contributed by atoms with Gasteiger partial charge in [0.15, 0.2) is 0 Å². The van der Waals surface area contributed by atoms with Gasteiger partial charge in [-0.2, -0.15) is 0 Å². The quantitative estimate of drug-likeness (QED) is 0.697. The van der Waals surface area contributed by atoms with Crippen LogP contribution in [0.1, 0.15) is 27.5 Å². The van der Waals surface area contributed by atoms with Gasteiger partial charge in [0.05, 0.1) is 12.6 Å². The van der Waals surface area contributed by atoms with E-state index in [1.54, 1.807) is 19.2 Å². The summed E-state index contributed by atoms with van der Waals surface area (Å²) in [7, 11) is 1.63. The van der Waals surface area contributed by atoms with E-state index in [9.17, 15) is 4.79 Å². The lowest BCUT2D eigenvalue weighted by molar-refractivity contribution is 0.0896. The van der Waals surface area contributed by atoms with Crippen molar-refractivity contribution in [2.24, 2.45) is 0 Å². The van der Waals surface area contributed by atoms with E-state index in [1.165, 1.54) is 0 Å². The van der Waals surface area contributed by atoms with Crippen molar-refractivity contribution in [2.75, 3.05) is 19.5 Å². The Hall–Kier alpha value is -2.85. The average Bonchev–Trinajstić information content (AvgIpc) is 2.63. The molecular weight excluding hydrogens is 312 g/mol. The van der Waals surface area contributed by atoms with E-state index in [1.807, 2.05) is 37.3 Å². The highest BCUT2D eigenvalue weighted by atomic mass is 16.5. The van der Waals surface area contributed by atoms with Crippen molar-refractivity contribution in [3.8, 4) is 0 Å². The number of amides is 1. The number of hydrogen-bond donors (Lipinski definition) is 2. The number of ether oxygens (including phenoxy) is 1. The van der Waals surface area contributed by atoms with E-state index in [4.69, 9.17) is 10.5 Å². The van der Waals surface area contributed by atoms with Gasteiger partial charge < -0.3 is 15.8 Å². The fraction of sp³-hybridized carbons (Fsp3) is 0.190. The molecule has 1 atom stereocenters. The zero-order valence-corrected chi connectivity index (χ0v) is 14.5. The Bertz CT molecular complexity index is 900. The molecule has 128 valence electrons. The summed E-state index contributed by atoms with van der Waals surface area (Å²) in [5.41, 5.74) is 8.92. The van der Waals surface area contributed by atoms with E-state index in [2.05, 4.69) is 23.5 Å². The largest absolute Gasteiger partial charge is 0.399 e. The number of carbonyl (C=O) groups excluding carboxylic acids is 1. The minimum absolute atomic E-state index is 0.153. The van der Waals surface area contributed by atoms with Gasteiger partial charge in [-0.25, -0.2) is 0 Å². The average molecular weight is 334 g/mol. The number of nitrogen functional groups attached to an aromatic ring is 1. The molecule has 3 rings (SSSR count). The Morgan fingerprint density at radius 3 is 2.68 bits per heavy atom. The topological polar surface area (TPSA) is 64.3 Å². The zero-order chi connectivity index (χ0) is 17.8. The molecule has 4 nitrogen and oxygen atoms in total. The molecule has 0 spiro atoms. The summed E-state index contributed by atoms with van der Waals surface area (Å²) in [6.07, 6.45) is 0. The summed E-state index contributed by atoms with van der Waals surface area (Å²) in [6, 6.07) is 19.3. The fourth-order valence-electron chi connectivity index (χ4n) is 3.05. The highest BCUT2D eigenvalue weighted by Gasteiger charge is 2.19. The number of rotatable bonds is 5. The highest BCUT2D eigenvalue weighted by Crippen LogP contribution is 2.25. The number of hydrogen-bond acceptors (Lipinski definition) is 3. The first-order valence-electron chi connectivity index (χ1n) is 8.23. The smallest absolute Gasteiger partial charge is 0.252 e. The number of carbonyl (C=O) groups is 1. The van der Waals surface area contributed by atoms with Gasteiger partial charge in [-0.05, 0) is 41.0 Å². The minimum atomic E-state index is -0.246. The molecule has 0 saturated carbocycles. The van der Waals surface area contributed by atoms with E-state index in [0.29, 0.717) is 17.9 Å². The molecule has 1 unspecified atom stereocenters. The van der Waals surface area contributed by atoms with Crippen molar-refractivity contribution < 1.29 is 9.53 Å². The summed E-state index contributed by atoms with van der Waals surface area (Å²) in [4.78, 5) is 12.8. The van der Waals surface area contributed by atoms with E-state index < -0.39 is 0 Å². The molecule has 0 saturated heterocycles. The maximum Gasteiger partial charge on any atom is 0.252 e. The lowest BCUT2D eigenvalue weighted by atomic mass is 9.98. The predicted molar refractivity (Wildman–Crippen MR) is 102 cm³/mol. The normalized spacial score (nSPS) is 12.1. The number of aryl methyl sites for hydroxylation is 1. The number of anilines is 1. The van der Waals surface area contributed by atoms with E-state index >= 15 is 0 Å². The first kappa shape index (κ1) is 17.0. The van der Waals surface area contributed by atoms with Gasteiger partial charge in [0, 0.05) is 18.4 Å². The molecular formula is C21H22N2O2. The highest BCUT2D eigenvalue weighted by molar-refractivity contribution is 5.97. The van der Waals surface area contributed by atoms with Crippen molar-refractivity contribution in [1.82, 2.24) is 5.32 Å². The zero-order valence-electron chi connectivity index (χ0n) is 14.5. The van der Waals surface area contributed by atoms with Crippen LogP contribution >= 0.6 is 0 Å². The SMILES string of the molecule is COCC(NC(=O)c1cc(N)ccc1C)c1cccc2ccccc12. The van der Waals surface area contributed by atoms with Crippen LogP contribution in [0.15, 0.2) is 60.7 Å². The third kappa shape index (κ3) is 3.64. The van der Waals surface area contributed by atoms with Crippen molar-refractivity contribution in [1.29, 1.82) is 0 Å². The van der Waals surface area contributed by atoms with Crippen LogP contribution in [-0.4, -0.2) is 19.6 Å². The minimum Gasteiger partial charge on any atom is -0.399 e. The molecule has 3 N–H and O–H groups in total. The molecule has 25 heavy (non-hydrogen) atoms. The standard InChI is InChI=1S/C21H22N2O2/c1-14-10-11-16(22)12-19(14)21(24)23-20(13-25-2)18-9-5-7-15-6-3-4-8-17(15)18/h3-12,20H,13,22H2,1-2H3,(H,23,24). The second kappa shape index (κ2) is 7.36. The van der Waals surface area contributed by atoms with Crippen molar-refractivity contribution >= 4 is 22.4 Å². The van der Waals surface area contributed by atoms with Crippen molar-refractivity contribution in [3.63, 3.8) is 0 Å². The van der Waals surface area contributed by atoms with Crippen LogP contribution in [0.3, 0.4) is 0 Å². The molecule has 0 heterocycles. The van der Waals surface area contributed by atoms with Gasteiger partial charge >= 0.3 is 0 Å². The molecule has 1 amide bonds. The molecule has 3 aromatic rings. The Morgan fingerprint density at radius 1 is 1.12 bits per heavy atom. The molecule has 4 heteroatoms. The van der Waals surface area contributed by atoms with Crippen LogP contribution in [0.4, 0.5) is 5.69 Å². The number of nitrogens with one attached hydrogen (secondary N) is 1. The summed E-state index contributed by atoms with van der Waals surface area (Å²) in [6.45, 7) is 2.29. The summed E-state index contributed by atoms with van der Waals surface area (Å²) in [5, 5.41) is 5.33. The molecule has 0 aliphatic rings. The number of nitrogens with two attached hydrogens (primary N) is 1. The van der Waals surface area contributed by atoms with Crippen LogP contribution < -0.4 is 11.1 Å². The third-order valence-electron chi connectivity index (χ3n) is 4.34. The lowest BCUT2D eigenvalue weighted by Gasteiger charge is -2.21. The monoisotopic (exact) mass is 334 g/mol. The molecule has 0 aliphatic heterocycles. The Balaban J connectivity index is 1.96. The van der Waals surface area contributed by atoms with Crippen LogP contribution in [0.5, 0.6) is 0 Å². The first-order valence-corrected chi connectivity index (χ1v) is 8.23. The lowest BCUT2D eigenvalue weighted by Crippen LogP contribution is -2.32. The van der Waals surface area contributed by atoms with Crippen molar-refractivity contribution in [3.05, 3.63) is 77.4 Å². The third-order valence-corrected chi connectivity index (χ3v) is 4.34. The van der Waals surface area contributed by atoms with E-state index in [-0.39, 0.29) is 11.9 Å². The Morgan fingerprint density at radius 2 is 1.88 bits per heavy atom. The second-order valence-electron chi connectivity index (χ2n) is 6.12. The van der Waals surface area contributed by atoms with Gasteiger partial charge in [0.2, 0.25) is 0 Å². The predicted octanol–water partition coefficient (Wildman–Crippen LogP) is 3.85. The van der Waals surface area contributed by atoms with Gasteiger partial charge in [0.25, 0.3) is 5.91 Å². The van der Waals surface area contributed by atoms with Gasteiger partial charge in [-0.15, -0.1) is 0 Å². The summed E-state index contributed by atoms with van der Waals surface area (Å²) < 4.78 is 5.36. The molecule has 0 aliphatic carbocycles. The van der Waals surface area contributed by atoms with E-state index in [0.717, 1.165) is 21.9 Å². The van der Waals surface area contributed by atoms with Crippen LogP contribution in [0, 0.1) is 6.92 Å². The van der Waals surface area contributed by atoms with Crippen LogP contribution in [0.25, 0.3) is 10.8 Å². The molecule has 0 bridgehead atoms. The fourth-order valence-corrected chi connectivity index (χ4v) is 3.05. The Kier molecular flexibility index (Phi) is 5.00. The second-order valence-corrected chi connectivity index (χ2v) is 6.12. The van der Waals surface area contributed by atoms with Crippen LogP contribution in [-0.2, 0) is 4.74 Å². The summed E-state index contributed by atoms with van der Waals surface area (Å²) >= 11 is 0. The maximum absolute atomic E-state index is 12.8. The van der Waals surface area contributed by atoms with Crippen LogP contribution in [0.2, 0.25) is 0 Å². The van der Waals surface area contributed by atoms with Crippen molar-refractivity contribution in [2.45, 2.75) is 13.0 Å². The van der Waals surface area contributed by atoms with Gasteiger partial charge in [-0.1, -0.05) is 48.5 Å². The number of benzene rings is 3. The van der Waals surface area contributed by atoms with Gasteiger partial charge in [-0.3, -0.25) is 4.79 Å². The van der Waals surface area contributed by atoms with Gasteiger partial charge in [0.1, 0.15) is 0 Å². The summed E-state index contributed by atoms with van der Waals surface area (Å²) in [5.74, 6) is -0.153. The Labute approximate surface area is 147 Å². The first-order chi connectivity index (χ1) is 12.1. The molecule has 0 fully saturated rings. The molecule has 0 aromatic heterocycles. The maximum atomic E-state index is 12.8. The molecule has 3 aromatic carbocycles. The number of fused-ring (bicyclic) bond motifs is 1. The number of methoxy groups -OCH3 is 1.